The van der Waals surface area contributed by atoms with Gasteiger partial charge in [0.1, 0.15) is 5.01 Å². The first-order valence-electron chi connectivity index (χ1n) is 11.5. The van der Waals surface area contributed by atoms with Crippen LogP contribution in [0.4, 0.5) is 5.69 Å². The Morgan fingerprint density at radius 2 is 1.15 bits per heavy atom. The summed E-state index contributed by atoms with van der Waals surface area (Å²) in [6.45, 7) is 13.6. The minimum Gasteiger partial charge on any atom is -0.378 e. The van der Waals surface area contributed by atoms with Crippen LogP contribution >= 0.6 is 11.3 Å². The van der Waals surface area contributed by atoms with Gasteiger partial charge in [-0.25, -0.2) is 4.98 Å². The number of hydrogen-bond donors (Lipinski definition) is 0. The second-order valence-electron chi connectivity index (χ2n) is 9.57. The largest absolute Gasteiger partial charge is 0.378 e. The van der Waals surface area contributed by atoms with E-state index in [1.54, 1.807) is 0 Å². The fourth-order valence-corrected chi connectivity index (χ4v) is 6.22. The minimum atomic E-state index is 0.179. The van der Waals surface area contributed by atoms with Crippen molar-refractivity contribution in [2.45, 2.75) is 41.5 Å². The van der Waals surface area contributed by atoms with E-state index < -0.39 is 0 Å². The number of aromatic nitrogens is 1. The highest BCUT2D eigenvalue weighted by Crippen LogP contribution is 2.24. The maximum atomic E-state index is 4.89. The van der Waals surface area contributed by atoms with Crippen LogP contribution in [0.1, 0.15) is 33.4 Å². The van der Waals surface area contributed by atoms with Crippen LogP contribution in [0.25, 0.3) is 10.6 Å². The average Bonchev–Trinajstić information content (AvgIpc) is 3.21. The molecule has 0 unspecified atom stereocenters. The zero-order valence-corrected chi connectivity index (χ0v) is 21.9. The Balaban J connectivity index is 1.89. The molecule has 0 bridgehead atoms. The molecular weight excluding hydrogens is 419 g/mol. The SMILES string of the molecule is Cc1cc(C)c(B(c2cnc(-c3ccc(N(C)C)cc3)s2)c2c(C)cc(C)cc2C)c(C)c1. The van der Waals surface area contributed by atoms with E-state index in [2.05, 4.69) is 115 Å². The molecule has 2 nitrogen and oxygen atoms in total. The Morgan fingerprint density at radius 3 is 1.58 bits per heavy atom. The standard InChI is InChI=1S/C29H33BN2S/c1-18-13-20(3)27(21(4)14-18)30(28-22(5)15-19(2)16-23(28)6)26-17-31-29(33-26)24-9-11-25(12-10-24)32(7)8/h9-17H,1-8H3. The van der Waals surface area contributed by atoms with E-state index in [0.717, 1.165) is 5.01 Å². The van der Waals surface area contributed by atoms with Crippen molar-refractivity contribution in [3.05, 3.63) is 88.1 Å². The van der Waals surface area contributed by atoms with Crippen molar-refractivity contribution in [1.29, 1.82) is 0 Å². The molecule has 0 N–H and O–H groups in total. The predicted octanol–water partition coefficient (Wildman–Crippen LogP) is 5.24. The van der Waals surface area contributed by atoms with Crippen molar-refractivity contribution < 1.29 is 0 Å². The highest BCUT2D eigenvalue weighted by Gasteiger charge is 2.30. The fourth-order valence-electron chi connectivity index (χ4n) is 5.18. The lowest BCUT2D eigenvalue weighted by Gasteiger charge is -2.23. The van der Waals surface area contributed by atoms with Gasteiger partial charge in [0.15, 0.2) is 0 Å². The van der Waals surface area contributed by atoms with Crippen molar-refractivity contribution in [1.82, 2.24) is 4.98 Å². The van der Waals surface area contributed by atoms with Crippen LogP contribution in [0.15, 0.2) is 54.7 Å². The molecule has 4 rings (SSSR count). The minimum absolute atomic E-state index is 0.179. The third-order valence-corrected chi connectivity index (χ3v) is 7.60. The normalized spacial score (nSPS) is 11.0. The molecule has 33 heavy (non-hydrogen) atoms. The monoisotopic (exact) mass is 452 g/mol. The summed E-state index contributed by atoms with van der Waals surface area (Å²) >= 11 is 1.82. The lowest BCUT2D eigenvalue weighted by molar-refractivity contribution is 1.13. The Morgan fingerprint density at radius 1 is 0.697 bits per heavy atom. The molecule has 1 heterocycles. The Kier molecular flexibility index (Phi) is 6.49. The van der Waals surface area contributed by atoms with E-state index >= 15 is 0 Å². The third-order valence-electron chi connectivity index (χ3n) is 6.49. The quantitative estimate of drug-likeness (QED) is 0.385. The van der Waals surface area contributed by atoms with E-state index in [0.29, 0.717) is 0 Å². The molecule has 0 atom stereocenters. The molecule has 0 saturated carbocycles. The van der Waals surface area contributed by atoms with Crippen molar-refractivity contribution in [3.8, 4) is 10.6 Å². The van der Waals surface area contributed by atoms with Gasteiger partial charge < -0.3 is 4.90 Å². The van der Waals surface area contributed by atoms with Crippen LogP contribution < -0.4 is 20.6 Å². The molecule has 3 aromatic carbocycles. The first-order chi connectivity index (χ1) is 15.7. The van der Waals surface area contributed by atoms with Gasteiger partial charge in [-0.05, 0) is 65.8 Å². The Hall–Kier alpha value is -2.85. The van der Waals surface area contributed by atoms with Gasteiger partial charge in [-0.3, -0.25) is 0 Å². The molecule has 0 radical (unpaired) electrons. The Labute approximate surface area is 203 Å². The summed E-state index contributed by atoms with van der Waals surface area (Å²) in [4.78, 5) is 7.02. The summed E-state index contributed by atoms with van der Waals surface area (Å²) in [5.41, 5.74) is 13.2. The molecule has 4 aromatic rings. The van der Waals surface area contributed by atoms with Crippen LogP contribution in [0.3, 0.4) is 0 Å². The zero-order valence-electron chi connectivity index (χ0n) is 21.1. The predicted molar refractivity (Wildman–Crippen MR) is 148 cm³/mol. The van der Waals surface area contributed by atoms with Crippen LogP contribution in [-0.2, 0) is 0 Å². The van der Waals surface area contributed by atoms with E-state index in [9.17, 15) is 0 Å². The van der Waals surface area contributed by atoms with Gasteiger partial charge in [-0.1, -0.05) is 68.6 Å². The van der Waals surface area contributed by atoms with E-state index in [4.69, 9.17) is 4.98 Å². The van der Waals surface area contributed by atoms with Crippen molar-refractivity contribution >= 4 is 39.4 Å². The smallest absolute Gasteiger partial charge is 0.257 e. The number of nitrogens with zero attached hydrogens (tertiary/aromatic N) is 2. The molecule has 0 aliphatic rings. The number of rotatable bonds is 5. The Bertz CT molecular complexity index is 1200. The summed E-state index contributed by atoms with van der Waals surface area (Å²) < 4.78 is 1.30. The number of thiazole rings is 1. The maximum Gasteiger partial charge on any atom is 0.257 e. The van der Waals surface area contributed by atoms with Gasteiger partial charge in [0.05, 0.1) is 0 Å². The number of anilines is 1. The van der Waals surface area contributed by atoms with Crippen LogP contribution in [-0.4, -0.2) is 25.8 Å². The van der Waals surface area contributed by atoms with Gasteiger partial charge in [0, 0.05) is 36.3 Å². The fraction of sp³-hybridized carbons (Fsp3) is 0.276. The lowest BCUT2D eigenvalue weighted by atomic mass is 9.37. The van der Waals surface area contributed by atoms with E-state index in [1.165, 1.54) is 60.3 Å². The molecule has 1 aromatic heterocycles. The molecule has 0 fully saturated rings. The number of benzene rings is 3. The molecule has 0 amide bonds. The summed E-state index contributed by atoms with van der Waals surface area (Å²) in [6.07, 6.45) is 2.10. The molecular formula is C29H33BN2S. The molecule has 168 valence electrons. The van der Waals surface area contributed by atoms with Crippen LogP contribution in [0.2, 0.25) is 0 Å². The van der Waals surface area contributed by atoms with Gasteiger partial charge in [0.2, 0.25) is 0 Å². The van der Waals surface area contributed by atoms with Crippen molar-refractivity contribution in [2.75, 3.05) is 19.0 Å². The zero-order chi connectivity index (χ0) is 23.9. The van der Waals surface area contributed by atoms with Crippen molar-refractivity contribution in [2.24, 2.45) is 0 Å². The van der Waals surface area contributed by atoms with Gasteiger partial charge in [0.25, 0.3) is 6.71 Å². The molecule has 0 saturated heterocycles. The molecule has 0 aliphatic heterocycles. The van der Waals surface area contributed by atoms with Crippen LogP contribution in [0.5, 0.6) is 0 Å². The second kappa shape index (κ2) is 9.19. The highest BCUT2D eigenvalue weighted by molar-refractivity contribution is 7.29. The molecule has 0 aliphatic carbocycles. The molecule has 0 spiro atoms. The summed E-state index contributed by atoms with van der Waals surface area (Å²) in [5, 5.41) is 1.07. The maximum absolute atomic E-state index is 4.89. The first kappa shape index (κ1) is 23.3. The second-order valence-corrected chi connectivity index (χ2v) is 10.6. The topological polar surface area (TPSA) is 16.1 Å². The average molecular weight is 452 g/mol. The number of hydrogen-bond acceptors (Lipinski definition) is 3. The summed E-state index contributed by atoms with van der Waals surface area (Å²) in [7, 11) is 4.14. The van der Waals surface area contributed by atoms with Gasteiger partial charge >= 0.3 is 0 Å². The highest BCUT2D eigenvalue weighted by atomic mass is 32.1. The first-order valence-corrected chi connectivity index (χ1v) is 12.4. The lowest BCUT2D eigenvalue weighted by Crippen LogP contribution is -2.54. The molecule has 4 heteroatoms. The van der Waals surface area contributed by atoms with Gasteiger partial charge in [-0.2, -0.15) is 0 Å². The summed E-state index contributed by atoms with van der Waals surface area (Å²) in [6, 6.07) is 17.9. The van der Waals surface area contributed by atoms with Crippen molar-refractivity contribution in [3.63, 3.8) is 0 Å². The summed E-state index contributed by atoms with van der Waals surface area (Å²) in [5.74, 6) is 0. The number of aryl methyl sites for hydroxylation is 6. The van der Waals surface area contributed by atoms with Gasteiger partial charge in [-0.15, -0.1) is 11.3 Å². The third kappa shape index (κ3) is 4.63. The van der Waals surface area contributed by atoms with Crippen LogP contribution in [0, 0.1) is 41.5 Å². The van der Waals surface area contributed by atoms with E-state index in [-0.39, 0.29) is 6.71 Å². The van der Waals surface area contributed by atoms with E-state index in [1.807, 2.05) is 11.3 Å².